The smallest absolute Gasteiger partial charge is 0.203 e. The van der Waals surface area contributed by atoms with E-state index in [9.17, 15) is 0 Å². The van der Waals surface area contributed by atoms with Gasteiger partial charge in [-0.1, -0.05) is 6.92 Å². The summed E-state index contributed by atoms with van der Waals surface area (Å²) in [5, 5.41) is 0. The minimum atomic E-state index is -1.64. The molecule has 0 fully saturated rings. The Hall–Kier alpha value is 0.137. The molecule has 68 valence electrons. The Labute approximate surface area is 71.3 Å². The van der Waals surface area contributed by atoms with Gasteiger partial charge in [0.25, 0.3) is 0 Å². The summed E-state index contributed by atoms with van der Waals surface area (Å²) in [4.78, 5) is 0. The van der Waals surface area contributed by atoms with Crippen LogP contribution in [0.5, 0.6) is 0 Å². The Kier molecular flexibility index (Phi) is 3.29. The van der Waals surface area contributed by atoms with Crippen LogP contribution in [0.3, 0.4) is 0 Å². The zero-order valence-corrected chi connectivity index (χ0v) is 9.56. The first-order valence-corrected chi connectivity index (χ1v) is 7.09. The summed E-state index contributed by atoms with van der Waals surface area (Å²) >= 11 is 0. The third kappa shape index (κ3) is 4.56. The van der Waals surface area contributed by atoms with Gasteiger partial charge >= 0.3 is 0 Å². The fourth-order valence-electron chi connectivity index (χ4n) is 0.882. The second kappa shape index (κ2) is 3.25. The zero-order valence-electron chi connectivity index (χ0n) is 8.56. The van der Waals surface area contributed by atoms with E-state index in [1.165, 1.54) is 0 Å². The molecule has 0 aromatic rings. The molecular formula is C8H21NOSi. The lowest BCUT2D eigenvalue weighted by atomic mass is 10.2. The van der Waals surface area contributed by atoms with Gasteiger partial charge in [0.15, 0.2) is 0 Å². The molecular weight excluding hydrogens is 154 g/mol. The summed E-state index contributed by atoms with van der Waals surface area (Å²) < 4.78 is 5.90. The third-order valence-electron chi connectivity index (χ3n) is 1.67. The molecule has 2 nitrogen and oxygen atoms in total. The number of rotatable bonds is 2. The molecule has 0 saturated carbocycles. The van der Waals surface area contributed by atoms with Gasteiger partial charge in [-0.25, -0.2) is 0 Å². The van der Waals surface area contributed by atoms with E-state index < -0.39 is 8.32 Å². The van der Waals surface area contributed by atoms with Crippen molar-refractivity contribution >= 4 is 8.32 Å². The summed E-state index contributed by atoms with van der Waals surface area (Å²) in [6.07, 6.45) is 0. The van der Waals surface area contributed by atoms with Crippen LogP contribution in [-0.2, 0) is 4.43 Å². The summed E-state index contributed by atoms with van der Waals surface area (Å²) in [5.74, 6) is 0. The molecule has 0 aliphatic heterocycles. The molecule has 1 atom stereocenters. The van der Waals surface area contributed by atoms with Crippen LogP contribution in [0.4, 0.5) is 0 Å². The molecule has 2 N–H and O–H groups in total. The topological polar surface area (TPSA) is 35.2 Å². The molecule has 11 heavy (non-hydrogen) atoms. The van der Waals surface area contributed by atoms with Crippen LogP contribution in [-0.4, -0.2) is 19.6 Å². The average molecular weight is 175 g/mol. The molecule has 0 spiro atoms. The van der Waals surface area contributed by atoms with Gasteiger partial charge in [-0.15, -0.1) is 0 Å². The van der Waals surface area contributed by atoms with E-state index in [2.05, 4.69) is 33.9 Å². The van der Waals surface area contributed by atoms with E-state index in [0.29, 0.717) is 0 Å². The normalized spacial score (nSPS) is 16.6. The van der Waals surface area contributed by atoms with Crippen molar-refractivity contribution in [3.63, 3.8) is 0 Å². The SMILES string of the molecule is CC(N)[Si](C)(C)OC(C)(C)C. The van der Waals surface area contributed by atoms with Gasteiger partial charge in [0.05, 0.1) is 0 Å². The van der Waals surface area contributed by atoms with Crippen LogP contribution in [0.1, 0.15) is 27.7 Å². The van der Waals surface area contributed by atoms with Crippen LogP contribution < -0.4 is 5.73 Å². The first-order valence-electron chi connectivity index (χ1n) is 4.11. The fourth-order valence-corrected chi connectivity index (χ4v) is 2.65. The lowest BCUT2D eigenvalue weighted by molar-refractivity contribution is 0.117. The second-order valence-electron chi connectivity index (χ2n) is 4.61. The number of hydrogen-bond acceptors (Lipinski definition) is 2. The molecule has 0 radical (unpaired) electrons. The maximum Gasteiger partial charge on any atom is 0.203 e. The van der Waals surface area contributed by atoms with Crippen molar-refractivity contribution in [3.8, 4) is 0 Å². The summed E-state index contributed by atoms with van der Waals surface area (Å²) in [5.41, 5.74) is 5.96. The largest absolute Gasteiger partial charge is 0.411 e. The minimum absolute atomic E-state index is 0.0522. The Morgan fingerprint density at radius 2 is 1.64 bits per heavy atom. The number of hydrogen-bond donors (Lipinski definition) is 1. The molecule has 0 aliphatic carbocycles. The van der Waals surface area contributed by atoms with Gasteiger partial charge in [-0.3, -0.25) is 0 Å². The molecule has 0 aromatic carbocycles. The second-order valence-corrected chi connectivity index (χ2v) is 8.93. The maximum atomic E-state index is 5.90. The van der Waals surface area contributed by atoms with Gasteiger partial charge < -0.3 is 10.2 Å². The summed E-state index contributed by atoms with van der Waals surface area (Å²) in [6.45, 7) is 12.6. The van der Waals surface area contributed by atoms with Gasteiger partial charge in [-0.2, -0.15) is 0 Å². The molecule has 0 rings (SSSR count). The van der Waals surface area contributed by atoms with E-state index in [0.717, 1.165) is 0 Å². The Morgan fingerprint density at radius 1 is 1.27 bits per heavy atom. The van der Waals surface area contributed by atoms with E-state index in [-0.39, 0.29) is 11.3 Å². The third-order valence-corrected chi connectivity index (χ3v) is 5.00. The quantitative estimate of drug-likeness (QED) is 0.651. The van der Waals surface area contributed by atoms with Crippen molar-refractivity contribution in [1.29, 1.82) is 0 Å². The Morgan fingerprint density at radius 3 is 1.73 bits per heavy atom. The molecule has 1 unspecified atom stereocenters. The van der Waals surface area contributed by atoms with Crippen LogP contribution in [0.2, 0.25) is 13.1 Å². The van der Waals surface area contributed by atoms with E-state index in [1.54, 1.807) is 0 Å². The van der Waals surface area contributed by atoms with Crippen LogP contribution in [0.15, 0.2) is 0 Å². The average Bonchev–Trinajstić information content (AvgIpc) is 1.56. The first kappa shape index (κ1) is 11.1. The Balaban J connectivity index is 4.13. The lowest BCUT2D eigenvalue weighted by Gasteiger charge is -2.34. The van der Waals surface area contributed by atoms with Gasteiger partial charge in [0.1, 0.15) is 0 Å². The molecule has 0 amide bonds. The van der Waals surface area contributed by atoms with Gasteiger partial charge in [0.2, 0.25) is 8.32 Å². The van der Waals surface area contributed by atoms with E-state index in [4.69, 9.17) is 10.2 Å². The van der Waals surface area contributed by atoms with Crippen molar-refractivity contribution < 1.29 is 4.43 Å². The summed E-state index contributed by atoms with van der Waals surface area (Å²) in [6, 6.07) is 0. The zero-order chi connectivity index (χ0) is 9.28. The predicted octanol–water partition coefficient (Wildman–Crippen LogP) is 1.89. The van der Waals surface area contributed by atoms with Crippen molar-refractivity contribution in [2.24, 2.45) is 5.73 Å². The van der Waals surface area contributed by atoms with Crippen LogP contribution >= 0.6 is 0 Å². The highest BCUT2D eigenvalue weighted by atomic mass is 28.4. The molecule has 0 bridgehead atoms. The standard InChI is InChI=1S/C8H21NOSi/c1-7(9)11(5,6)10-8(2,3)4/h7H,9H2,1-6H3. The molecule has 0 aromatic heterocycles. The highest BCUT2D eigenvalue weighted by molar-refractivity contribution is 6.72. The minimum Gasteiger partial charge on any atom is -0.411 e. The van der Waals surface area contributed by atoms with Crippen molar-refractivity contribution in [3.05, 3.63) is 0 Å². The summed E-state index contributed by atoms with van der Waals surface area (Å²) in [7, 11) is -1.64. The van der Waals surface area contributed by atoms with Crippen molar-refractivity contribution in [1.82, 2.24) is 0 Å². The van der Waals surface area contributed by atoms with Crippen LogP contribution in [0.25, 0.3) is 0 Å². The van der Waals surface area contributed by atoms with E-state index in [1.807, 2.05) is 6.92 Å². The van der Waals surface area contributed by atoms with E-state index >= 15 is 0 Å². The maximum absolute atomic E-state index is 5.90. The van der Waals surface area contributed by atoms with Crippen LogP contribution in [0, 0.1) is 0 Å². The fraction of sp³-hybridized carbons (Fsp3) is 1.00. The van der Waals surface area contributed by atoms with Gasteiger partial charge in [-0.05, 0) is 33.9 Å². The number of nitrogens with two attached hydrogens (primary N) is 1. The molecule has 0 aliphatic rings. The lowest BCUT2D eigenvalue weighted by Crippen LogP contribution is -2.52. The van der Waals surface area contributed by atoms with Gasteiger partial charge in [0, 0.05) is 11.3 Å². The highest BCUT2D eigenvalue weighted by Gasteiger charge is 2.32. The molecule has 0 saturated heterocycles. The molecule has 0 heterocycles. The molecule has 3 heteroatoms. The first-order chi connectivity index (χ1) is 4.65. The monoisotopic (exact) mass is 175 g/mol. The van der Waals surface area contributed by atoms with Crippen molar-refractivity contribution in [2.45, 2.75) is 52.1 Å². The Bertz CT molecular complexity index is 127. The highest BCUT2D eigenvalue weighted by Crippen LogP contribution is 2.18. The van der Waals surface area contributed by atoms with Crippen molar-refractivity contribution in [2.75, 3.05) is 0 Å². The predicted molar refractivity (Wildman–Crippen MR) is 52.0 cm³/mol.